The highest BCUT2D eigenvalue weighted by Gasteiger charge is 2.64. The number of aliphatic hydroxyl groups is 2. The van der Waals surface area contributed by atoms with Gasteiger partial charge >= 0.3 is 0 Å². The Morgan fingerprint density at radius 1 is 1.09 bits per heavy atom. The Labute approximate surface area is 141 Å². The third-order valence-electron chi connectivity index (χ3n) is 8.10. The zero-order chi connectivity index (χ0) is 17.3. The maximum atomic E-state index is 10.8. The smallest absolute Gasteiger partial charge is 0.113 e. The molecule has 7 atom stereocenters. The van der Waals surface area contributed by atoms with Crippen LogP contribution in [0.4, 0.5) is 0 Å². The van der Waals surface area contributed by atoms with E-state index >= 15 is 0 Å². The van der Waals surface area contributed by atoms with E-state index in [1.165, 1.54) is 25.7 Å². The van der Waals surface area contributed by atoms with Crippen LogP contribution in [0.15, 0.2) is 0 Å². The Morgan fingerprint density at radius 3 is 2.35 bits per heavy atom. The highest BCUT2D eigenvalue weighted by molar-refractivity contribution is 5.12. The standard InChI is InChI=1S/C20H36O3/c1-13(21)20(6,22)16-12-15-18(4)10-7-9-17(2,3)14(18)8-11-19(15,5)23-16/h13-16,21-22H,7-12H2,1-6H3/t13?,14-,15+,16+,18-,19+,20?/m0/s1. The van der Waals surface area contributed by atoms with Gasteiger partial charge in [-0.1, -0.05) is 27.2 Å². The maximum Gasteiger partial charge on any atom is 0.113 e. The highest BCUT2D eigenvalue weighted by atomic mass is 16.5. The van der Waals surface area contributed by atoms with Gasteiger partial charge in [0.05, 0.1) is 17.8 Å². The quantitative estimate of drug-likeness (QED) is 0.810. The molecule has 134 valence electrons. The third kappa shape index (κ3) is 2.49. The van der Waals surface area contributed by atoms with Gasteiger partial charge in [0.15, 0.2) is 0 Å². The van der Waals surface area contributed by atoms with Gasteiger partial charge in [-0.15, -0.1) is 0 Å². The second kappa shape index (κ2) is 5.19. The lowest BCUT2D eigenvalue weighted by Gasteiger charge is -2.60. The normalized spacial score (nSPS) is 49.8. The first kappa shape index (κ1) is 17.7. The molecular weight excluding hydrogens is 288 g/mol. The van der Waals surface area contributed by atoms with Gasteiger partial charge in [-0.25, -0.2) is 0 Å². The van der Waals surface area contributed by atoms with Crippen LogP contribution in [0.3, 0.4) is 0 Å². The molecule has 0 amide bonds. The van der Waals surface area contributed by atoms with Crippen LogP contribution < -0.4 is 0 Å². The number of hydrogen-bond acceptors (Lipinski definition) is 3. The Hall–Kier alpha value is -0.120. The number of aliphatic hydroxyl groups excluding tert-OH is 1. The molecule has 0 aromatic rings. The van der Waals surface area contributed by atoms with Crippen LogP contribution in [0.5, 0.6) is 0 Å². The van der Waals surface area contributed by atoms with Gasteiger partial charge in [-0.2, -0.15) is 0 Å². The van der Waals surface area contributed by atoms with Gasteiger partial charge in [0.1, 0.15) is 5.60 Å². The zero-order valence-corrected chi connectivity index (χ0v) is 15.9. The van der Waals surface area contributed by atoms with Gasteiger partial charge in [-0.3, -0.25) is 0 Å². The van der Waals surface area contributed by atoms with E-state index in [2.05, 4.69) is 27.7 Å². The van der Waals surface area contributed by atoms with Crippen molar-refractivity contribution in [1.82, 2.24) is 0 Å². The fraction of sp³-hybridized carbons (Fsp3) is 1.00. The molecule has 3 fully saturated rings. The van der Waals surface area contributed by atoms with Crippen molar-refractivity contribution in [1.29, 1.82) is 0 Å². The first-order chi connectivity index (χ1) is 10.4. The minimum atomic E-state index is -1.17. The monoisotopic (exact) mass is 324 g/mol. The summed E-state index contributed by atoms with van der Waals surface area (Å²) in [5.74, 6) is 1.21. The molecule has 0 spiro atoms. The van der Waals surface area contributed by atoms with Crippen molar-refractivity contribution in [3.8, 4) is 0 Å². The van der Waals surface area contributed by atoms with Gasteiger partial charge in [-0.05, 0) is 75.5 Å². The van der Waals surface area contributed by atoms with Crippen LogP contribution in [0, 0.1) is 22.7 Å². The van der Waals surface area contributed by atoms with E-state index in [1.54, 1.807) is 13.8 Å². The fourth-order valence-corrected chi connectivity index (χ4v) is 6.48. The fourth-order valence-electron chi connectivity index (χ4n) is 6.48. The summed E-state index contributed by atoms with van der Waals surface area (Å²) in [6.07, 6.45) is 6.02. The molecule has 2 saturated carbocycles. The number of ether oxygens (including phenoxy) is 1. The molecule has 0 aromatic carbocycles. The minimum absolute atomic E-state index is 0.151. The summed E-state index contributed by atoms with van der Waals surface area (Å²) in [5, 5.41) is 20.8. The van der Waals surface area contributed by atoms with Crippen molar-refractivity contribution in [3.05, 3.63) is 0 Å². The van der Waals surface area contributed by atoms with Crippen LogP contribution in [0.1, 0.15) is 80.1 Å². The largest absolute Gasteiger partial charge is 0.390 e. The van der Waals surface area contributed by atoms with Gasteiger partial charge in [0.2, 0.25) is 0 Å². The Balaban J connectivity index is 1.93. The van der Waals surface area contributed by atoms with Crippen molar-refractivity contribution in [2.45, 2.75) is 103 Å². The molecule has 1 heterocycles. The first-order valence-electron chi connectivity index (χ1n) is 9.52. The topological polar surface area (TPSA) is 49.7 Å². The highest BCUT2D eigenvalue weighted by Crippen LogP contribution is 2.66. The molecule has 1 saturated heterocycles. The average molecular weight is 325 g/mol. The maximum absolute atomic E-state index is 10.8. The summed E-state index contributed by atoms with van der Waals surface area (Å²) in [5.41, 5.74) is -0.629. The first-order valence-corrected chi connectivity index (χ1v) is 9.52. The van der Waals surface area contributed by atoms with E-state index in [0.717, 1.165) is 18.8 Å². The van der Waals surface area contributed by atoms with Crippen molar-refractivity contribution >= 4 is 0 Å². The summed E-state index contributed by atoms with van der Waals surface area (Å²) in [4.78, 5) is 0. The average Bonchev–Trinajstić information content (AvgIpc) is 2.77. The lowest BCUT2D eigenvalue weighted by Crippen LogP contribution is -2.55. The minimum Gasteiger partial charge on any atom is -0.390 e. The molecule has 2 N–H and O–H groups in total. The summed E-state index contributed by atoms with van der Waals surface area (Å²) in [6.45, 7) is 13.0. The van der Waals surface area contributed by atoms with E-state index < -0.39 is 11.7 Å². The third-order valence-corrected chi connectivity index (χ3v) is 8.10. The van der Waals surface area contributed by atoms with E-state index in [4.69, 9.17) is 4.74 Å². The number of rotatable bonds is 2. The van der Waals surface area contributed by atoms with Crippen LogP contribution in [-0.4, -0.2) is 33.6 Å². The van der Waals surface area contributed by atoms with E-state index in [9.17, 15) is 10.2 Å². The van der Waals surface area contributed by atoms with Crippen LogP contribution in [0.2, 0.25) is 0 Å². The lowest BCUT2D eigenvalue weighted by molar-refractivity contribution is -0.190. The molecule has 0 aromatic heterocycles. The second-order valence-electron chi connectivity index (χ2n) is 10.0. The summed E-state index contributed by atoms with van der Waals surface area (Å²) < 4.78 is 6.45. The Kier molecular flexibility index (Phi) is 3.99. The summed E-state index contributed by atoms with van der Waals surface area (Å²) in [6, 6.07) is 0. The van der Waals surface area contributed by atoms with Crippen LogP contribution in [0.25, 0.3) is 0 Å². The molecule has 3 nitrogen and oxygen atoms in total. The van der Waals surface area contributed by atoms with Crippen molar-refractivity contribution in [2.75, 3.05) is 0 Å². The predicted octanol–water partition coefficient (Wildman–Crippen LogP) is 3.91. The van der Waals surface area contributed by atoms with Crippen LogP contribution >= 0.6 is 0 Å². The number of hydrogen-bond donors (Lipinski definition) is 2. The molecule has 3 rings (SSSR count). The van der Waals surface area contributed by atoms with E-state index in [1.807, 2.05) is 0 Å². The van der Waals surface area contributed by atoms with Gasteiger partial charge in [0.25, 0.3) is 0 Å². The zero-order valence-electron chi connectivity index (χ0n) is 15.9. The summed E-state index contributed by atoms with van der Waals surface area (Å²) >= 11 is 0. The van der Waals surface area contributed by atoms with Gasteiger partial charge in [0, 0.05) is 0 Å². The van der Waals surface area contributed by atoms with Crippen molar-refractivity contribution in [3.63, 3.8) is 0 Å². The van der Waals surface area contributed by atoms with Gasteiger partial charge < -0.3 is 14.9 Å². The van der Waals surface area contributed by atoms with Crippen molar-refractivity contribution < 1.29 is 14.9 Å². The molecule has 23 heavy (non-hydrogen) atoms. The Morgan fingerprint density at radius 2 is 1.74 bits per heavy atom. The summed E-state index contributed by atoms with van der Waals surface area (Å²) in [7, 11) is 0. The molecule has 1 aliphatic heterocycles. The predicted molar refractivity (Wildman–Crippen MR) is 92.2 cm³/mol. The molecule has 2 aliphatic carbocycles. The number of fused-ring (bicyclic) bond motifs is 3. The molecule has 0 radical (unpaired) electrons. The molecule has 0 bridgehead atoms. The Bertz CT molecular complexity index is 470. The molecule has 3 heteroatoms. The SMILES string of the molecule is CC(O)C(C)(O)[C@H]1C[C@@H]2[C@@]3(C)CCCC(C)(C)[C@@H]3CC[C@@]2(C)O1. The van der Waals surface area contributed by atoms with Crippen LogP contribution in [-0.2, 0) is 4.74 Å². The molecular formula is C20H36O3. The van der Waals surface area contributed by atoms with Crippen molar-refractivity contribution in [2.24, 2.45) is 22.7 Å². The second-order valence-corrected chi connectivity index (χ2v) is 10.0. The molecule has 3 aliphatic rings. The van der Waals surface area contributed by atoms with E-state index in [-0.39, 0.29) is 17.1 Å². The lowest BCUT2D eigenvalue weighted by atomic mass is 9.45. The molecule has 2 unspecified atom stereocenters. The van der Waals surface area contributed by atoms with E-state index in [0.29, 0.717) is 11.3 Å².